The number of nitro benzene ring substituents is 1. The highest BCUT2D eigenvalue weighted by Crippen LogP contribution is 2.27. The largest absolute Gasteiger partial charge is 0.502 e. The molecule has 0 radical (unpaired) electrons. The van der Waals surface area contributed by atoms with Gasteiger partial charge in [0.05, 0.1) is 11.1 Å². The molecule has 2 aromatic carbocycles. The van der Waals surface area contributed by atoms with Gasteiger partial charge in [-0.25, -0.2) is 5.43 Å². The summed E-state index contributed by atoms with van der Waals surface area (Å²) >= 11 is 2.08. The maximum atomic E-state index is 11.8. The van der Waals surface area contributed by atoms with Crippen LogP contribution < -0.4 is 5.43 Å². The maximum absolute atomic E-state index is 11.8. The number of benzene rings is 2. The molecule has 2 N–H and O–H groups in total. The molecule has 0 aliphatic rings. The Morgan fingerprint density at radius 3 is 2.73 bits per heavy atom. The summed E-state index contributed by atoms with van der Waals surface area (Å²) in [6.45, 7) is 0. The standard InChI is InChI=1S/C14H10IN3O4/c15-11-5-1-3-9(7-11)14(20)17-16-8-10-4-2-6-12(13(10)19)18(21)22/h1-8,19H,(H,17,20)/b16-8-. The lowest BCUT2D eigenvalue weighted by Crippen LogP contribution is -2.17. The van der Waals surface area contributed by atoms with E-state index in [-0.39, 0.29) is 5.56 Å². The van der Waals surface area contributed by atoms with Crippen molar-refractivity contribution in [2.45, 2.75) is 0 Å². The molecular weight excluding hydrogens is 401 g/mol. The first-order valence-corrected chi connectivity index (χ1v) is 7.12. The second-order valence-electron chi connectivity index (χ2n) is 4.18. The van der Waals surface area contributed by atoms with Crippen LogP contribution in [0, 0.1) is 13.7 Å². The number of phenolic OH excluding ortho intramolecular Hbond substituents is 1. The zero-order valence-electron chi connectivity index (χ0n) is 11.1. The van der Waals surface area contributed by atoms with Crippen LogP contribution in [0.2, 0.25) is 0 Å². The van der Waals surface area contributed by atoms with Gasteiger partial charge < -0.3 is 5.11 Å². The van der Waals surface area contributed by atoms with Crippen LogP contribution in [0.1, 0.15) is 15.9 Å². The van der Waals surface area contributed by atoms with Gasteiger partial charge in [-0.1, -0.05) is 12.1 Å². The van der Waals surface area contributed by atoms with Gasteiger partial charge in [0.15, 0.2) is 0 Å². The molecule has 0 unspecified atom stereocenters. The van der Waals surface area contributed by atoms with Gasteiger partial charge in [0.1, 0.15) is 0 Å². The molecule has 8 heteroatoms. The van der Waals surface area contributed by atoms with E-state index in [1.54, 1.807) is 18.2 Å². The second kappa shape index (κ2) is 6.98. The summed E-state index contributed by atoms with van der Waals surface area (Å²) < 4.78 is 0.908. The van der Waals surface area contributed by atoms with Crippen molar-refractivity contribution in [3.05, 3.63) is 67.3 Å². The minimum atomic E-state index is -0.697. The Bertz CT molecular complexity index is 762. The van der Waals surface area contributed by atoms with Crippen LogP contribution in [0.5, 0.6) is 5.75 Å². The third kappa shape index (κ3) is 3.79. The Morgan fingerprint density at radius 1 is 1.32 bits per heavy atom. The van der Waals surface area contributed by atoms with Crippen LogP contribution in [0.15, 0.2) is 47.6 Å². The molecule has 0 heterocycles. The molecule has 2 aromatic rings. The van der Waals surface area contributed by atoms with E-state index in [0.29, 0.717) is 5.56 Å². The van der Waals surface area contributed by atoms with E-state index in [1.165, 1.54) is 18.2 Å². The van der Waals surface area contributed by atoms with Crippen molar-refractivity contribution in [2.75, 3.05) is 0 Å². The van der Waals surface area contributed by atoms with Gasteiger partial charge in [-0.3, -0.25) is 14.9 Å². The van der Waals surface area contributed by atoms with Crippen LogP contribution in [-0.2, 0) is 0 Å². The van der Waals surface area contributed by atoms with Crippen molar-refractivity contribution in [2.24, 2.45) is 5.10 Å². The van der Waals surface area contributed by atoms with Crippen LogP contribution in [0.25, 0.3) is 0 Å². The first kappa shape index (κ1) is 15.9. The molecule has 112 valence electrons. The Balaban J connectivity index is 2.12. The molecule has 0 fully saturated rings. The number of aromatic hydroxyl groups is 1. The molecule has 0 aliphatic carbocycles. The van der Waals surface area contributed by atoms with Crippen molar-refractivity contribution in [3.63, 3.8) is 0 Å². The molecular formula is C14H10IN3O4. The van der Waals surface area contributed by atoms with E-state index in [9.17, 15) is 20.0 Å². The van der Waals surface area contributed by atoms with Gasteiger partial charge >= 0.3 is 5.69 Å². The number of hydrogen-bond acceptors (Lipinski definition) is 5. The molecule has 0 aromatic heterocycles. The summed E-state index contributed by atoms with van der Waals surface area (Å²) in [6.07, 6.45) is 1.15. The van der Waals surface area contributed by atoms with Crippen molar-refractivity contribution in [1.82, 2.24) is 5.43 Å². The first-order valence-electron chi connectivity index (χ1n) is 6.04. The van der Waals surface area contributed by atoms with Gasteiger partial charge in [0.2, 0.25) is 5.75 Å². The Kier molecular flexibility index (Phi) is 5.04. The zero-order valence-corrected chi connectivity index (χ0v) is 13.2. The number of carbonyl (C=O) groups excluding carboxylic acids is 1. The van der Waals surface area contributed by atoms with Crippen molar-refractivity contribution in [1.29, 1.82) is 0 Å². The van der Waals surface area contributed by atoms with Crippen LogP contribution in [-0.4, -0.2) is 22.2 Å². The second-order valence-corrected chi connectivity index (χ2v) is 5.43. The molecule has 0 spiro atoms. The van der Waals surface area contributed by atoms with Crippen molar-refractivity contribution >= 4 is 40.4 Å². The average Bonchev–Trinajstić information content (AvgIpc) is 2.48. The molecule has 0 saturated carbocycles. The van der Waals surface area contributed by atoms with E-state index < -0.39 is 22.3 Å². The Hall–Kier alpha value is -2.49. The van der Waals surface area contributed by atoms with Gasteiger partial charge in [0, 0.05) is 20.8 Å². The number of phenols is 1. The molecule has 1 amide bonds. The topological polar surface area (TPSA) is 105 Å². The molecule has 0 bridgehead atoms. The molecule has 2 rings (SSSR count). The van der Waals surface area contributed by atoms with E-state index in [1.807, 2.05) is 6.07 Å². The SMILES string of the molecule is O=C(N/N=C\c1cccc([N+](=O)[O-])c1O)c1cccc(I)c1. The van der Waals surface area contributed by atoms with Crippen molar-refractivity contribution < 1.29 is 14.8 Å². The summed E-state index contributed by atoms with van der Waals surface area (Å²) in [5.74, 6) is -0.917. The molecule has 7 nitrogen and oxygen atoms in total. The van der Waals surface area contributed by atoms with E-state index in [4.69, 9.17) is 0 Å². The summed E-state index contributed by atoms with van der Waals surface area (Å²) in [5.41, 5.74) is 2.45. The normalized spacial score (nSPS) is 10.6. The number of para-hydroxylation sites is 1. The monoisotopic (exact) mass is 411 g/mol. The minimum Gasteiger partial charge on any atom is -0.502 e. The van der Waals surface area contributed by atoms with E-state index in [0.717, 1.165) is 9.78 Å². The van der Waals surface area contributed by atoms with Gasteiger partial charge in [0.25, 0.3) is 5.91 Å². The molecule has 0 aliphatic heterocycles. The third-order valence-corrected chi connectivity index (χ3v) is 3.37. The molecule has 22 heavy (non-hydrogen) atoms. The highest BCUT2D eigenvalue weighted by Gasteiger charge is 2.15. The summed E-state index contributed by atoms with van der Waals surface area (Å²) in [6, 6.07) is 11.0. The first-order chi connectivity index (χ1) is 10.5. The summed E-state index contributed by atoms with van der Waals surface area (Å²) in [4.78, 5) is 21.9. The number of amides is 1. The fraction of sp³-hybridized carbons (Fsp3) is 0. The fourth-order valence-corrected chi connectivity index (χ4v) is 2.20. The number of hydrazone groups is 1. The smallest absolute Gasteiger partial charge is 0.311 e. The summed E-state index contributed by atoms with van der Waals surface area (Å²) in [5, 5.41) is 24.1. The predicted molar refractivity (Wildman–Crippen MR) is 89.0 cm³/mol. The Morgan fingerprint density at radius 2 is 2.05 bits per heavy atom. The van der Waals surface area contributed by atoms with Crippen LogP contribution in [0.4, 0.5) is 5.69 Å². The molecule has 0 atom stereocenters. The number of nitrogens with zero attached hydrogens (tertiary/aromatic N) is 2. The number of nitro groups is 1. The minimum absolute atomic E-state index is 0.136. The lowest BCUT2D eigenvalue weighted by Gasteiger charge is -2.01. The lowest BCUT2D eigenvalue weighted by atomic mass is 10.2. The van der Waals surface area contributed by atoms with Gasteiger partial charge in [-0.15, -0.1) is 0 Å². The number of rotatable bonds is 4. The highest BCUT2D eigenvalue weighted by atomic mass is 127. The number of halogens is 1. The number of carbonyl (C=O) groups is 1. The quantitative estimate of drug-likeness (QED) is 0.349. The van der Waals surface area contributed by atoms with Crippen molar-refractivity contribution in [3.8, 4) is 5.75 Å². The average molecular weight is 411 g/mol. The number of hydrogen-bond donors (Lipinski definition) is 2. The summed E-state index contributed by atoms with van der Waals surface area (Å²) in [7, 11) is 0. The Labute approximate surface area is 139 Å². The third-order valence-electron chi connectivity index (χ3n) is 2.70. The zero-order chi connectivity index (χ0) is 16.1. The van der Waals surface area contributed by atoms with Gasteiger partial charge in [-0.2, -0.15) is 5.10 Å². The lowest BCUT2D eigenvalue weighted by molar-refractivity contribution is -0.385. The molecule has 0 saturated heterocycles. The highest BCUT2D eigenvalue weighted by molar-refractivity contribution is 14.1. The number of nitrogens with one attached hydrogen (secondary N) is 1. The van der Waals surface area contributed by atoms with Crippen LogP contribution in [0.3, 0.4) is 0 Å². The predicted octanol–water partition coefficient (Wildman–Crippen LogP) is 2.67. The fourth-order valence-electron chi connectivity index (χ4n) is 1.65. The van der Waals surface area contributed by atoms with Gasteiger partial charge in [-0.05, 0) is 46.9 Å². The maximum Gasteiger partial charge on any atom is 0.311 e. The van der Waals surface area contributed by atoms with Crippen LogP contribution >= 0.6 is 22.6 Å². The van der Waals surface area contributed by atoms with E-state index >= 15 is 0 Å². The van der Waals surface area contributed by atoms with E-state index in [2.05, 4.69) is 33.1 Å².